The van der Waals surface area contributed by atoms with Crippen LogP contribution in [0.3, 0.4) is 0 Å². The van der Waals surface area contributed by atoms with Crippen LogP contribution in [-0.4, -0.2) is 31.6 Å². The zero-order chi connectivity index (χ0) is 31.4. The molecule has 1 N–H and O–H groups in total. The van der Waals surface area contributed by atoms with Gasteiger partial charge in [0.2, 0.25) is 0 Å². The topological polar surface area (TPSA) is 51.6 Å². The first kappa shape index (κ1) is 32.8. The quantitative estimate of drug-likeness (QED) is 0.263. The Hall–Kier alpha value is -2.07. The van der Waals surface area contributed by atoms with E-state index in [-0.39, 0.29) is 28.0 Å². The Morgan fingerprint density at radius 2 is 1.81 bits per heavy atom. The predicted molar refractivity (Wildman–Crippen MR) is 160 cm³/mol. The fraction of sp³-hybridized carbons (Fsp3) is 0.606. The van der Waals surface area contributed by atoms with Crippen LogP contribution >= 0.6 is 0 Å². The lowest BCUT2D eigenvalue weighted by atomic mass is 9.71. The van der Waals surface area contributed by atoms with Gasteiger partial charge in [0.25, 0.3) is 0 Å². The first-order valence-corrected chi connectivity index (χ1v) is 17.7. The number of nitrogens with zero attached hydrogens (tertiary/aromatic N) is 1. The van der Waals surface area contributed by atoms with Crippen LogP contribution in [-0.2, 0) is 21.8 Å². The number of aromatic nitrogens is 1. The van der Waals surface area contributed by atoms with Gasteiger partial charge in [-0.2, -0.15) is 13.2 Å². The van der Waals surface area contributed by atoms with E-state index in [0.29, 0.717) is 43.4 Å². The van der Waals surface area contributed by atoms with E-state index in [4.69, 9.17) is 14.1 Å². The van der Waals surface area contributed by atoms with Gasteiger partial charge < -0.3 is 14.3 Å². The molecule has 0 fully saturated rings. The van der Waals surface area contributed by atoms with E-state index in [9.17, 15) is 18.3 Å². The van der Waals surface area contributed by atoms with E-state index in [2.05, 4.69) is 47.7 Å². The molecule has 4 nitrogen and oxygen atoms in total. The van der Waals surface area contributed by atoms with Crippen molar-refractivity contribution in [3.63, 3.8) is 0 Å². The third kappa shape index (κ3) is 6.54. The summed E-state index contributed by atoms with van der Waals surface area (Å²) in [5.74, 6) is -1.24. The van der Waals surface area contributed by atoms with E-state index in [1.807, 2.05) is 19.9 Å². The molecule has 9 heteroatoms. The molecule has 2 atom stereocenters. The molecular formula is C33H45F4NO3Si. The van der Waals surface area contributed by atoms with Crippen molar-refractivity contribution in [2.75, 3.05) is 13.2 Å². The molecule has 0 saturated carbocycles. The molecule has 0 saturated heterocycles. The van der Waals surface area contributed by atoms with Crippen molar-refractivity contribution in [3.05, 3.63) is 69.3 Å². The van der Waals surface area contributed by atoms with Gasteiger partial charge in [0, 0.05) is 28.1 Å². The molecule has 2 aliphatic rings. The van der Waals surface area contributed by atoms with Crippen LogP contribution in [0.1, 0.15) is 119 Å². The van der Waals surface area contributed by atoms with E-state index >= 15 is 4.39 Å². The summed E-state index contributed by atoms with van der Waals surface area (Å²) >= 11 is 0. The molecule has 0 bridgehead atoms. The monoisotopic (exact) mass is 607 g/mol. The zero-order valence-electron chi connectivity index (χ0n) is 26.3. The van der Waals surface area contributed by atoms with E-state index < -0.39 is 32.0 Å². The van der Waals surface area contributed by atoms with Gasteiger partial charge in [0.1, 0.15) is 11.9 Å². The van der Waals surface area contributed by atoms with Crippen molar-refractivity contribution >= 4 is 13.9 Å². The summed E-state index contributed by atoms with van der Waals surface area (Å²) in [6, 6.07) is 2.32. The highest BCUT2D eigenvalue weighted by molar-refractivity contribution is 6.74. The number of hydrogen-bond donors (Lipinski definition) is 1. The second-order valence-electron chi connectivity index (χ2n) is 14.4. The lowest BCUT2D eigenvalue weighted by Crippen LogP contribution is -2.44. The Morgan fingerprint density at radius 3 is 2.33 bits per heavy atom. The number of hydrogen-bond acceptors (Lipinski definition) is 4. The van der Waals surface area contributed by atoms with Crippen molar-refractivity contribution in [1.82, 2.24) is 4.98 Å². The second-order valence-corrected chi connectivity index (χ2v) is 19.2. The largest absolute Gasteiger partial charge is 0.416 e. The number of rotatable bonds is 6. The van der Waals surface area contributed by atoms with Crippen LogP contribution < -0.4 is 0 Å². The summed E-state index contributed by atoms with van der Waals surface area (Å²) in [4.78, 5) is 5.15. The number of benzene rings is 1. The van der Waals surface area contributed by atoms with E-state index in [1.165, 1.54) is 0 Å². The van der Waals surface area contributed by atoms with Crippen LogP contribution in [0.5, 0.6) is 0 Å². The number of alkyl halides is 3. The molecule has 2 heterocycles. The zero-order valence-corrected chi connectivity index (χ0v) is 27.3. The number of pyridine rings is 1. The van der Waals surface area contributed by atoms with Crippen LogP contribution in [0.2, 0.25) is 18.1 Å². The number of aliphatic hydroxyl groups excluding tert-OH is 1. The van der Waals surface area contributed by atoms with Crippen molar-refractivity contribution in [3.8, 4) is 0 Å². The summed E-state index contributed by atoms with van der Waals surface area (Å²) in [7, 11) is -2.27. The highest BCUT2D eigenvalue weighted by Gasteiger charge is 2.45. The van der Waals surface area contributed by atoms with Gasteiger partial charge in [0.05, 0.1) is 24.9 Å². The molecule has 1 aromatic heterocycles. The second kappa shape index (κ2) is 11.5. The Labute approximate surface area is 248 Å². The minimum atomic E-state index is -4.69. The van der Waals surface area contributed by atoms with Crippen molar-refractivity contribution in [2.24, 2.45) is 5.41 Å². The summed E-state index contributed by atoms with van der Waals surface area (Å²) < 4.78 is 68.1. The smallest absolute Gasteiger partial charge is 0.410 e. The average Bonchev–Trinajstić information content (AvgIpc) is 2.85. The van der Waals surface area contributed by atoms with Crippen molar-refractivity contribution < 1.29 is 31.8 Å². The normalized spacial score (nSPS) is 20.4. The highest BCUT2D eigenvalue weighted by atomic mass is 28.4. The number of fused-ring (bicyclic) bond motifs is 1. The van der Waals surface area contributed by atoms with Gasteiger partial charge in [-0.05, 0) is 72.0 Å². The van der Waals surface area contributed by atoms with E-state index in [0.717, 1.165) is 40.9 Å². The van der Waals surface area contributed by atoms with Gasteiger partial charge >= 0.3 is 6.18 Å². The first-order chi connectivity index (χ1) is 19.2. The average molecular weight is 608 g/mol. The van der Waals surface area contributed by atoms with Crippen LogP contribution in [0.25, 0.3) is 5.57 Å². The Kier molecular flexibility index (Phi) is 8.95. The lowest BCUT2D eigenvalue weighted by Gasteiger charge is -2.45. The maximum absolute atomic E-state index is 15.4. The molecule has 1 unspecified atom stereocenters. The minimum Gasteiger partial charge on any atom is -0.410 e. The standard InChI is InChI=1S/C33H45F4NO3Si/c1-19(2)29-28(30(39)22-11-10-21(16-23(22)34)33(35,36)37)26(20-12-14-40-15-13-20)27-24(38-29)17-32(6,7)18-25(27)41-42(8,9)31(3,4)5/h10-12,16,19,25,30,39H,13-15,17-18H2,1-9H3/t25-,30?/m1/s1. The number of aliphatic hydroxyl groups is 1. The maximum Gasteiger partial charge on any atom is 0.416 e. The first-order valence-electron chi connectivity index (χ1n) is 14.8. The van der Waals surface area contributed by atoms with Crippen LogP contribution in [0, 0.1) is 11.2 Å². The Morgan fingerprint density at radius 1 is 1.14 bits per heavy atom. The molecule has 1 aliphatic heterocycles. The molecule has 1 aromatic carbocycles. The number of halogens is 4. The SMILES string of the molecule is CC(C)c1nc2c(c(C3=CCOCC3)c1C(O)c1ccc(C(F)(F)F)cc1F)[C@H](O[Si](C)(C)C(C)(C)C)CC(C)(C)C2. The number of ether oxygens (including phenoxy) is 1. The van der Waals surface area contributed by atoms with Crippen LogP contribution in [0.4, 0.5) is 17.6 Å². The van der Waals surface area contributed by atoms with Crippen molar-refractivity contribution in [1.29, 1.82) is 0 Å². The van der Waals surface area contributed by atoms with Gasteiger partial charge in [-0.1, -0.05) is 60.6 Å². The molecule has 0 amide bonds. The Balaban J connectivity index is 2.04. The molecule has 0 radical (unpaired) electrons. The van der Waals surface area contributed by atoms with Crippen LogP contribution in [0.15, 0.2) is 24.3 Å². The fourth-order valence-corrected chi connectivity index (χ4v) is 7.09. The molecule has 1 aliphatic carbocycles. The van der Waals surface area contributed by atoms with Gasteiger partial charge in [-0.3, -0.25) is 4.98 Å². The minimum absolute atomic E-state index is 0.0517. The third-order valence-electron chi connectivity index (χ3n) is 9.06. The third-order valence-corrected chi connectivity index (χ3v) is 13.5. The molecule has 42 heavy (non-hydrogen) atoms. The van der Waals surface area contributed by atoms with Gasteiger partial charge in [-0.15, -0.1) is 0 Å². The van der Waals surface area contributed by atoms with Gasteiger partial charge in [-0.25, -0.2) is 4.39 Å². The van der Waals surface area contributed by atoms with Crippen molar-refractivity contribution in [2.45, 2.75) is 110 Å². The highest BCUT2D eigenvalue weighted by Crippen LogP contribution is 2.52. The summed E-state index contributed by atoms with van der Waals surface area (Å²) in [5.41, 5.74) is 3.24. The molecule has 4 rings (SSSR count). The molecule has 232 valence electrons. The fourth-order valence-electron chi connectivity index (χ4n) is 5.82. The maximum atomic E-state index is 15.4. The van der Waals surface area contributed by atoms with E-state index in [1.54, 1.807) is 0 Å². The molecule has 0 spiro atoms. The van der Waals surface area contributed by atoms with Gasteiger partial charge in [0.15, 0.2) is 8.32 Å². The lowest BCUT2D eigenvalue weighted by molar-refractivity contribution is -0.137. The summed E-state index contributed by atoms with van der Waals surface area (Å²) in [6.07, 6.45) is -2.49. The predicted octanol–water partition coefficient (Wildman–Crippen LogP) is 9.28. The summed E-state index contributed by atoms with van der Waals surface area (Å²) in [6.45, 7) is 20.2. The molecular weight excluding hydrogens is 562 g/mol. The molecule has 2 aromatic rings. The summed E-state index contributed by atoms with van der Waals surface area (Å²) in [5, 5.41) is 11.9. The Bertz CT molecular complexity index is 1360.